The molecule has 0 saturated carbocycles. The smallest absolute Gasteiger partial charge is 0.207 e. The Kier molecular flexibility index (Phi) is 3.55. The maximum Gasteiger partial charge on any atom is 0.207 e. The van der Waals surface area contributed by atoms with E-state index in [0.29, 0.717) is 13.0 Å². The summed E-state index contributed by atoms with van der Waals surface area (Å²) in [4.78, 5) is 14.5. The van der Waals surface area contributed by atoms with Gasteiger partial charge in [-0.15, -0.1) is 0 Å². The van der Waals surface area contributed by atoms with Crippen LogP contribution in [0.25, 0.3) is 0 Å². The third-order valence-corrected chi connectivity index (χ3v) is 2.79. The molecule has 1 atom stereocenters. The number of carbonyl (C=O) groups excluding carboxylic acids is 1. The molecule has 0 spiro atoms. The number of imidazole rings is 1. The van der Waals surface area contributed by atoms with E-state index >= 15 is 0 Å². The van der Waals surface area contributed by atoms with Crippen LogP contribution in [-0.4, -0.2) is 16.0 Å². The molecule has 0 aliphatic carbocycles. The zero-order valence-electron chi connectivity index (χ0n) is 9.71. The molecule has 0 saturated heterocycles. The number of amides is 1. The van der Waals surface area contributed by atoms with Crippen LogP contribution >= 0.6 is 0 Å². The molecule has 1 heterocycles. The molecular weight excluding hydrogens is 214 g/mol. The third kappa shape index (κ3) is 2.53. The van der Waals surface area contributed by atoms with Gasteiger partial charge in [-0.05, 0) is 12.5 Å². The first-order valence-electron chi connectivity index (χ1n) is 5.56. The average Bonchev–Trinajstić information content (AvgIpc) is 2.84. The first kappa shape index (κ1) is 11.4. The Morgan fingerprint density at radius 2 is 2.18 bits per heavy atom. The minimum atomic E-state index is 0.210. The number of rotatable bonds is 5. The molecule has 0 radical (unpaired) electrons. The van der Waals surface area contributed by atoms with Crippen molar-refractivity contribution >= 4 is 6.41 Å². The fraction of sp³-hybridized carbons (Fsp3) is 0.231. The molecule has 0 aliphatic heterocycles. The fourth-order valence-electron chi connectivity index (χ4n) is 1.86. The van der Waals surface area contributed by atoms with Crippen molar-refractivity contribution in [2.45, 2.75) is 19.5 Å². The standard InChI is InChI=1S/C13H15N3O/c1-11(12-5-3-2-4-6-12)16-8-7-15-13(16)9-14-10-17/h2-8,10-11H,9H2,1H3,(H,14,17). The molecule has 0 fully saturated rings. The average molecular weight is 229 g/mol. The summed E-state index contributed by atoms with van der Waals surface area (Å²) in [5.41, 5.74) is 1.22. The predicted octanol–water partition coefficient (Wildman–Crippen LogP) is 1.74. The first-order valence-corrected chi connectivity index (χ1v) is 5.56. The summed E-state index contributed by atoms with van der Waals surface area (Å²) in [5.74, 6) is 0.855. The number of carbonyl (C=O) groups is 1. The zero-order valence-corrected chi connectivity index (χ0v) is 9.71. The van der Waals surface area contributed by atoms with Gasteiger partial charge >= 0.3 is 0 Å². The highest BCUT2D eigenvalue weighted by Gasteiger charge is 2.10. The molecular formula is C13H15N3O. The van der Waals surface area contributed by atoms with Crippen molar-refractivity contribution in [3.63, 3.8) is 0 Å². The minimum Gasteiger partial charge on any atom is -0.351 e. The van der Waals surface area contributed by atoms with Crippen molar-refractivity contribution in [3.05, 3.63) is 54.1 Å². The predicted molar refractivity (Wildman–Crippen MR) is 65.4 cm³/mol. The Bertz CT molecular complexity index is 478. The van der Waals surface area contributed by atoms with Gasteiger partial charge in [-0.1, -0.05) is 30.3 Å². The minimum absolute atomic E-state index is 0.210. The van der Waals surface area contributed by atoms with Gasteiger partial charge in [-0.25, -0.2) is 4.98 Å². The number of nitrogens with one attached hydrogen (secondary N) is 1. The molecule has 17 heavy (non-hydrogen) atoms. The van der Waals surface area contributed by atoms with Crippen LogP contribution in [0.5, 0.6) is 0 Å². The van der Waals surface area contributed by atoms with Gasteiger partial charge in [0.25, 0.3) is 0 Å². The Hall–Kier alpha value is -2.10. The molecule has 88 valence electrons. The van der Waals surface area contributed by atoms with Gasteiger partial charge < -0.3 is 9.88 Å². The normalized spacial score (nSPS) is 12.1. The first-order chi connectivity index (χ1) is 8.33. The highest BCUT2D eigenvalue weighted by molar-refractivity contribution is 5.45. The van der Waals surface area contributed by atoms with Crippen LogP contribution in [0.2, 0.25) is 0 Å². The van der Waals surface area contributed by atoms with E-state index in [0.717, 1.165) is 5.82 Å². The van der Waals surface area contributed by atoms with Crippen LogP contribution in [0, 0.1) is 0 Å². The maximum atomic E-state index is 10.3. The molecule has 4 heteroatoms. The van der Waals surface area contributed by atoms with E-state index in [1.54, 1.807) is 6.20 Å². The van der Waals surface area contributed by atoms with E-state index in [1.165, 1.54) is 5.56 Å². The van der Waals surface area contributed by atoms with Crippen molar-refractivity contribution in [1.29, 1.82) is 0 Å². The second-order valence-corrected chi connectivity index (χ2v) is 3.84. The van der Waals surface area contributed by atoms with E-state index < -0.39 is 0 Å². The maximum absolute atomic E-state index is 10.3. The van der Waals surface area contributed by atoms with Crippen LogP contribution in [0.4, 0.5) is 0 Å². The molecule has 2 aromatic rings. The van der Waals surface area contributed by atoms with Crippen LogP contribution in [0.15, 0.2) is 42.7 Å². The van der Waals surface area contributed by atoms with E-state index in [1.807, 2.05) is 24.4 Å². The van der Waals surface area contributed by atoms with Crippen molar-refractivity contribution in [2.75, 3.05) is 0 Å². The SMILES string of the molecule is CC(c1ccccc1)n1ccnc1CNC=O. The van der Waals surface area contributed by atoms with Gasteiger partial charge in [0.15, 0.2) is 0 Å². The van der Waals surface area contributed by atoms with Gasteiger partial charge in [0.05, 0.1) is 12.6 Å². The Balaban J connectivity index is 2.22. The number of hydrogen-bond donors (Lipinski definition) is 1. The van der Waals surface area contributed by atoms with Crippen LogP contribution < -0.4 is 5.32 Å². The second kappa shape index (κ2) is 5.30. The summed E-state index contributed by atoms with van der Waals surface area (Å²) in [5, 5.41) is 2.63. The Morgan fingerprint density at radius 1 is 1.41 bits per heavy atom. The fourth-order valence-corrected chi connectivity index (χ4v) is 1.86. The van der Waals surface area contributed by atoms with Gasteiger partial charge in [0.1, 0.15) is 5.82 Å². The number of aromatic nitrogens is 2. The summed E-state index contributed by atoms with van der Waals surface area (Å²) in [6.45, 7) is 2.56. The summed E-state index contributed by atoms with van der Waals surface area (Å²) in [6, 6.07) is 10.4. The second-order valence-electron chi connectivity index (χ2n) is 3.84. The summed E-state index contributed by atoms with van der Waals surface area (Å²) in [7, 11) is 0. The lowest BCUT2D eigenvalue weighted by molar-refractivity contribution is -0.109. The molecule has 1 unspecified atom stereocenters. The summed E-state index contributed by atoms with van der Waals surface area (Å²) >= 11 is 0. The third-order valence-electron chi connectivity index (χ3n) is 2.79. The van der Waals surface area contributed by atoms with Crippen LogP contribution in [-0.2, 0) is 11.3 Å². The topological polar surface area (TPSA) is 46.9 Å². The van der Waals surface area contributed by atoms with Gasteiger partial charge in [0.2, 0.25) is 6.41 Å². The Labute approximate surface area is 100 Å². The number of nitrogens with zero attached hydrogens (tertiary/aromatic N) is 2. The molecule has 4 nitrogen and oxygen atoms in total. The van der Waals surface area contributed by atoms with Crippen molar-refractivity contribution in [3.8, 4) is 0 Å². The zero-order chi connectivity index (χ0) is 12.1. The highest BCUT2D eigenvalue weighted by Crippen LogP contribution is 2.18. The van der Waals surface area contributed by atoms with Gasteiger partial charge in [-0.2, -0.15) is 0 Å². The molecule has 0 bridgehead atoms. The van der Waals surface area contributed by atoms with Crippen molar-refractivity contribution in [1.82, 2.24) is 14.9 Å². The Morgan fingerprint density at radius 3 is 2.88 bits per heavy atom. The lowest BCUT2D eigenvalue weighted by atomic mass is 10.1. The van der Waals surface area contributed by atoms with E-state index in [4.69, 9.17) is 0 Å². The highest BCUT2D eigenvalue weighted by atomic mass is 16.1. The van der Waals surface area contributed by atoms with Crippen molar-refractivity contribution in [2.24, 2.45) is 0 Å². The summed E-state index contributed by atoms with van der Waals surface area (Å²) < 4.78 is 2.06. The molecule has 1 aromatic heterocycles. The van der Waals surface area contributed by atoms with Crippen molar-refractivity contribution < 1.29 is 4.79 Å². The lowest BCUT2D eigenvalue weighted by Gasteiger charge is -2.16. The van der Waals surface area contributed by atoms with Gasteiger partial charge in [0, 0.05) is 12.4 Å². The van der Waals surface area contributed by atoms with E-state index in [9.17, 15) is 4.79 Å². The van der Waals surface area contributed by atoms with Crippen LogP contribution in [0.1, 0.15) is 24.4 Å². The summed E-state index contributed by atoms with van der Waals surface area (Å²) in [6.07, 6.45) is 4.37. The monoisotopic (exact) mass is 229 g/mol. The number of hydrogen-bond acceptors (Lipinski definition) is 2. The largest absolute Gasteiger partial charge is 0.351 e. The molecule has 1 N–H and O–H groups in total. The molecule has 2 rings (SSSR count). The van der Waals surface area contributed by atoms with Gasteiger partial charge in [-0.3, -0.25) is 4.79 Å². The molecule has 1 amide bonds. The van der Waals surface area contributed by atoms with Crippen LogP contribution in [0.3, 0.4) is 0 Å². The number of benzene rings is 1. The van der Waals surface area contributed by atoms with E-state index in [2.05, 4.69) is 33.9 Å². The lowest BCUT2D eigenvalue weighted by Crippen LogP contribution is -2.17. The molecule has 0 aliphatic rings. The van der Waals surface area contributed by atoms with E-state index in [-0.39, 0.29) is 6.04 Å². The quantitative estimate of drug-likeness (QED) is 0.794. The molecule has 1 aromatic carbocycles.